The lowest BCUT2D eigenvalue weighted by atomic mass is 10.6. The van der Waals surface area contributed by atoms with E-state index < -0.39 is 0 Å². The Hall–Kier alpha value is -7.50. The molecule has 0 aromatic carbocycles. The second kappa shape index (κ2) is 35.7. The third-order valence-electron chi connectivity index (χ3n) is 3.69. The summed E-state index contributed by atoms with van der Waals surface area (Å²) in [5.41, 5.74) is 0. The van der Waals surface area contributed by atoms with Gasteiger partial charge in [-0.3, -0.25) is 9.97 Å². The summed E-state index contributed by atoms with van der Waals surface area (Å²) in [6.45, 7) is 0. The van der Waals surface area contributed by atoms with E-state index in [-0.39, 0.29) is 0 Å². The van der Waals surface area contributed by atoms with E-state index in [1.807, 2.05) is 36.4 Å². The Kier molecular flexibility index (Phi) is 28.6. The first kappa shape index (κ1) is 38.5. The zero-order valence-corrected chi connectivity index (χ0v) is 25.4. The molecule has 0 amide bonds. The summed E-state index contributed by atoms with van der Waals surface area (Å²) in [7, 11) is 0. The molecule has 0 aliphatic carbocycles. The third kappa shape index (κ3) is 33.0. The summed E-state index contributed by atoms with van der Waals surface area (Å²) in [5.74, 6) is 0. The van der Waals surface area contributed by atoms with Crippen molar-refractivity contribution in [1.29, 1.82) is 0 Å². The summed E-state index contributed by atoms with van der Waals surface area (Å²) < 4.78 is 0. The molecule has 8 aromatic heterocycles. The molecule has 18 nitrogen and oxygen atoms in total. The Morgan fingerprint density at radius 3 is 0.479 bits per heavy atom. The van der Waals surface area contributed by atoms with Crippen LogP contribution in [0.25, 0.3) is 0 Å². The van der Waals surface area contributed by atoms with Gasteiger partial charge in [0.15, 0.2) is 0 Å². The van der Waals surface area contributed by atoms with Gasteiger partial charge in [-0.1, -0.05) is 0 Å². The topological polar surface area (TPSA) is 232 Å². The molecule has 18 heteroatoms. The maximum absolute atomic E-state index is 3.72. The second-order valence-electron chi connectivity index (χ2n) is 7.03. The molecule has 0 saturated heterocycles. The van der Waals surface area contributed by atoms with Gasteiger partial charge in [0.2, 0.25) is 0 Å². The van der Waals surface area contributed by atoms with E-state index in [4.69, 9.17) is 0 Å². The lowest BCUT2D eigenvalue weighted by molar-refractivity contribution is 0.969. The minimum absolute atomic E-state index is 1.39. The molecule has 0 N–H and O–H groups in total. The van der Waals surface area contributed by atoms with Gasteiger partial charge >= 0.3 is 0 Å². The molecule has 0 aliphatic rings. The van der Waals surface area contributed by atoms with Gasteiger partial charge in [0.1, 0.15) is 25.3 Å². The van der Waals surface area contributed by atoms with Gasteiger partial charge in [0.05, 0.1) is 12.4 Å². The molecule has 8 aromatic rings. The summed E-state index contributed by atoms with van der Waals surface area (Å²) in [6.07, 6.45) is 35.1. The molecular weight excluding hydrogens is 612 g/mol. The Bertz CT molecular complexity index is 1000. The van der Waals surface area contributed by atoms with Crippen LogP contribution in [0.3, 0.4) is 0 Å². The van der Waals surface area contributed by atoms with Crippen LogP contribution in [0.5, 0.6) is 0 Å². The largest absolute Gasteiger partial charge is 0.262 e. The number of hydrogen-bond acceptors (Lipinski definition) is 18. The summed E-state index contributed by atoms with van der Waals surface area (Å²) >= 11 is 0. The quantitative estimate of drug-likeness (QED) is 0.231. The number of rotatable bonds is 0. The fraction of sp³-hybridized carbons (Fsp3) is 0. The Morgan fingerprint density at radius 1 is 0.146 bits per heavy atom. The van der Waals surface area contributed by atoms with Gasteiger partial charge in [-0.15, -0.1) is 10.2 Å². The van der Waals surface area contributed by atoms with Gasteiger partial charge < -0.3 is 0 Å². The molecule has 0 saturated carbocycles. The highest BCUT2D eigenvalue weighted by Crippen LogP contribution is 1.70. The predicted octanol–water partition coefficient (Wildman–Crippen LogP) is 2.60. The van der Waals surface area contributed by atoms with Gasteiger partial charge in [-0.25, -0.2) is 29.9 Å². The minimum atomic E-state index is 1.39. The van der Waals surface area contributed by atoms with Crippen LogP contribution in [-0.2, 0) is 0 Å². The molecule has 0 aliphatic heterocycles. The second-order valence-corrected chi connectivity index (χ2v) is 7.03. The molecule has 0 radical (unpaired) electrons. The molecular formula is C30H30N18. The molecule has 48 heavy (non-hydrogen) atoms. The van der Waals surface area contributed by atoms with E-state index in [0.717, 1.165) is 0 Å². The van der Waals surface area contributed by atoms with Crippen LogP contribution in [0.1, 0.15) is 0 Å². The van der Waals surface area contributed by atoms with E-state index >= 15 is 0 Å². The van der Waals surface area contributed by atoms with Crippen LogP contribution >= 0.6 is 0 Å². The number of hydrogen-bond donors (Lipinski definition) is 0. The standard InChI is InChI=1S/6C4H4N2.2C3H3N3/c1-2-6-4-3-5-1;2*1-2-5-4-6-3-1;3*1-2-4-6-5-3-1;2*1-2-5-6-3-4-1/h6*1-4H;2*1-3H. The Labute approximate surface area is 276 Å². The predicted molar refractivity (Wildman–Crippen MR) is 172 cm³/mol. The van der Waals surface area contributed by atoms with Crippen LogP contribution in [0.4, 0.5) is 0 Å². The van der Waals surface area contributed by atoms with Crippen LogP contribution in [-0.4, -0.2) is 90.9 Å². The zero-order chi connectivity index (χ0) is 33.9. The van der Waals surface area contributed by atoms with Crippen LogP contribution in [0, 0.1) is 0 Å². The fourth-order valence-electron chi connectivity index (χ4n) is 1.93. The fourth-order valence-corrected chi connectivity index (χ4v) is 1.93. The Balaban J connectivity index is 0.000000274. The normalized spacial score (nSPS) is 8.00. The molecule has 0 atom stereocenters. The Morgan fingerprint density at radius 2 is 0.396 bits per heavy atom. The van der Waals surface area contributed by atoms with Crippen LogP contribution in [0.15, 0.2) is 185 Å². The van der Waals surface area contributed by atoms with Gasteiger partial charge in [0, 0.05) is 99.1 Å². The summed E-state index contributed by atoms with van der Waals surface area (Å²) in [5, 5.41) is 35.0. The maximum atomic E-state index is 3.72. The van der Waals surface area contributed by atoms with Crippen LogP contribution < -0.4 is 0 Å². The smallest absolute Gasteiger partial charge is 0.138 e. The van der Waals surface area contributed by atoms with E-state index in [0.29, 0.717) is 0 Å². The van der Waals surface area contributed by atoms with E-state index in [1.165, 1.54) is 37.7 Å². The average Bonchev–Trinajstić information content (AvgIpc) is 3.25. The van der Waals surface area contributed by atoms with Crippen molar-refractivity contribution < 1.29 is 0 Å². The first-order chi connectivity index (χ1) is 24.0. The summed E-state index contributed by atoms with van der Waals surface area (Å²) in [4.78, 5) is 29.4. The zero-order valence-electron chi connectivity index (χ0n) is 25.4. The lowest BCUT2D eigenvalue weighted by Gasteiger charge is -1.70. The first-order valence-corrected chi connectivity index (χ1v) is 13.4. The highest BCUT2D eigenvalue weighted by atomic mass is 15.1. The van der Waals surface area contributed by atoms with Gasteiger partial charge in [-0.05, 0) is 48.5 Å². The number of aromatic nitrogens is 18. The lowest BCUT2D eigenvalue weighted by Crippen LogP contribution is -1.75. The maximum Gasteiger partial charge on any atom is 0.138 e. The molecule has 8 heterocycles. The average molecular weight is 643 g/mol. The van der Waals surface area contributed by atoms with Crippen molar-refractivity contribution in [3.8, 4) is 0 Å². The van der Waals surface area contributed by atoms with E-state index in [1.54, 1.807) is 111 Å². The van der Waals surface area contributed by atoms with Crippen molar-refractivity contribution in [3.63, 3.8) is 0 Å². The van der Waals surface area contributed by atoms with Crippen molar-refractivity contribution in [2.75, 3.05) is 0 Å². The van der Waals surface area contributed by atoms with Crippen LogP contribution in [0.2, 0.25) is 0 Å². The molecule has 0 bridgehead atoms. The van der Waals surface area contributed by atoms with E-state index in [2.05, 4.69) is 90.9 Å². The van der Waals surface area contributed by atoms with Gasteiger partial charge in [0.25, 0.3) is 0 Å². The molecule has 0 unspecified atom stereocenters. The molecule has 0 fully saturated rings. The summed E-state index contributed by atoms with van der Waals surface area (Å²) in [6, 6.07) is 14.5. The molecule has 240 valence electrons. The minimum Gasteiger partial charge on any atom is -0.262 e. The first-order valence-electron chi connectivity index (χ1n) is 13.4. The van der Waals surface area contributed by atoms with Crippen molar-refractivity contribution in [1.82, 2.24) is 90.9 Å². The van der Waals surface area contributed by atoms with Crippen molar-refractivity contribution in [2.45, 2.75) is 0 Å². The van der Waals surface area contributed by atoms with Crippen molar-refractivity contribution >= 4 is 0 Å². The highest BCUT2D eigenvalue weighted by molar-refractivity contribution is 4.81. The monoisotopic (exact) mass is 642 g/mol. The highest BCUT2D eigenvalue weighted by Gasteiger charge is 1.63. The SMILES string of the molecule is c1ccnnc1.c1ccnnc1.c1ccnnc1.c1cnccn1.c1cncnc1.c1cncnc1.c1cnncn1.c1cnncn1. The number of nitrogens with zero attached hydrogens (tertiary/aromatic N) is 18. The van der Waals surface area contributed by atoms with Crippen molar-refractivity contribution in [2.24, 2.45) is 0 Å². The molecule has 8 rings (SSSR count). The molecule has 0 spiro atoms. The van der Waals surface area contributed by atoms with E-state index in [9.17, 15) is 0 Å². The third-order valence-corrected chi connectivity index (χ3v) is 3.69. The van der Waals surface area contributed by atoms with Crippen molar-refractivity contribution in [3.05, 3.63) is 185 Å². The van der Waals surface area contributed by atoms with Gasteiger partial charge in [-0.2, -0.15) is 40.8 Å².